The fourth-order valence-corrected chi connectivity index (χ4v) is 2.89. The predicted molar refractivity (Wildman–Crippen MR) is 87.3 cm³/mol. The third-order valence-corrected chi connectivity index (χ3v) is 4.03. The molecule has 2 atom stereocenters. The summed E-state index contributed by atoms with van der Waals surface area (Å²) in [7, 11) is 0. The Hall–Kier alpha value is -1.60. The van der Waals surface area contributed by atoms with Crippen molar-refractivity contribution in [2.24, 2.45) is 0 Å². The maximum atomic E-state index is 10.3. The van der Waals surface area contributed by atoms with Crippen LogP contribution in [0.2, 0.25) is 0 Å². The van der Waals surface area contributed by atoms with Gasteiger partial charge in [0.1, 0.15) is 11.5 Å². The lowest BCUT2D eigenvalue weighted by atomic mass is 10.2. The molecule has 0 aliphatic carbocycles. The van der Waals surface area contributed by atoms with Gasteiger partial charge in [0, 0.05) is 13.2 Å². The summed E-state index contributed by atoms with van der Waals surface area (Å²) in [5.74, 6) is 1.71. The number of ether oxygens (including phenoxy) is 2. The van der Waals surface area contributed by atoms with Crippen LogP contribution in [0.5, 0.6) is 0 Å². The summed E-state index contributed by atoms with van der Waals surface area (Å²) >= 11 is 0. The summed E-state index contributed by atoms with van der Waals surface area (Å²) in [4.78, 5) is 2.08. The second kappa shape index (κ2) is 9.03. The largest absolute Gasteiger partial charge is 0.468 e. The van der Waals surface area contributed by atoms with Crippen LogP contribution in [0.25, 0.3) is 0 Å². The van der Waals surface area contributed by atoms with Gasteiger partial charge in [-0.1, -0.05) is 0 Å². The van der Waals surface area contributed by atoms with E-state index in [1.54, 1.807) is 12.5 Å². The monoisotopic (exact) mass is 335 g/mol. The van der Waals surface area contributed by atoms with E-state index in [1.165, 1.54) is 0 Å². The lowest BCUT2D eigenvalue weighted by Gasteiger charge is -2.23. The first-order valence-electron chi connectivity index (χ1n) is 8.44. The molecule has 2 unspecified atom stereocenters. The van der Waals surface area contributed by atoms with E-state index in [2.05, 4.69) is 4.90 Å². The van der Waals surface area contributed by atoms with Gasteiger partial charge in [-0.3, -0.25) is 4.90 Å². The van der Waals surface area contributed by atoms with Crippen molar-refractivity contribution in [2.45, 2.75) is 38.1 Å². The molecule has 132 valence electrons. The quantitative estimate of drug-likeness (QED) is 0.719. The first-order valence-corrected chi connectivity index (χ1v) is 8.44. The van der Waals surface area contributed by atoms with Gasteiger partial charge < -0.3 is 23.4 Å². The van der Waals surface area contributed by atoms with E-state index in [-0.39, 0.29) is 6.10 Å². The minimum absolute atomic E-state index is 0.180. The van der Waals surface area contributed by atoms with E-state index in [9.17, 15) is 5.11 Å². The molecule has 1 aliphatic rings. The molecule has 0 aromatic carbocycles. The summed E-state index contributed by atoms with van der Waals surface area (Å²) in [6, 6.07) is 7.58. The second-order valence-electron chi connectivity index (χ2n) is 6.15. The van der Waals surface area contributed by atoms with Crippen molar-refractivity contribution in [3.8, 4) is 0 Å². The Labute approximate surface area is 142 Å². The topological polar surface area (TPSA) is 68.2 Å². The minimum Gasteiger partial charge on any atom is -0.468 e. The average Bonchev–Trinajstić information content (AvgIpc) is 3.30. The van der Waals surface area contributed by atoms with Gasteiger partial charge in [0.05, 0.1) is 51.0 Å². The van der Waals surface area contributed by atoms with E-state index in [0.29, 0.717) is 32.8 Å². The van der Waals surface area contributed by atoms with Gasteiger partial charge >= 0.3 is 0 Å². The van der Waals surface area contributed by atoms with Crippen LogP contribution in [-0.4, -0.2) is 48.6 Å². The van der Waals surface area contributed by atoms with Gasteiger partial charge in [-0.05, 0) is 37.1 Å². The second-order valence-corrected chi connectivity index (χ2v) is 6.15. The van der Waals surface area contributed by atoms with Crippen molar-refractivity contribution >= 4 is 0 Å². The van der Waals surface area contributed by atoms with E-state index < -0.39 is 6.10 Å². The summed E-state index contributed by atoms with van der Waals surface area (Å²) in [6.45, 7) is 3.36. The van der Waals surface area contributed by atoms with E-state index in [1.807, 2.05) is 24.3 Å². The molecule has 0 amide bonds. The fourth-order valence-electron chi connectivity index (χ4n) is 2.89. The molecule has 6 heteroatoms. The SMILES string of the molecule is OC(COCC1CCCO1)CN(Cc1ccco1)Cc1ccco1. The number of rotatable bonds is 10. The van der Waals surface area contributed by atoms with Gasteiger partial charge in [0.15, 0.2) is 0 Å². The Morgan fingerprint density at radius 3 is 2.42 bits per heavy atom. The lowest BCUT2D eigenvalue weighted by molar-refractivity contribution is -0.0273. The Balaban J connectivity index is 1.46. The van der Waals surface area contributed by atoms with Crippen molar-refractivity contribution < 1.29 is 23.4 Å². The molecule has 0 spiro atoms. The van der Waals surface area contributed by atoms with Gasteiger partial charge in [-0.25, -0.2) is 0 Å². The molecule has 6 nitrogen and oxygen atoms in total. The number of aliphatic hydroxyl groups excluding tert-OH is 1. The number of furan rings is 2. The van der Waals surface area contributed by atoms with Crippen LogP contribution in [0.4, 0.5) is 0 Å². The first kappa shape index (κ1) is 17.2. The van der Waals surface area contributed by atoms with Crippen molar-refractivity contribution in [2.75, 3.05) is 26.4 Å². The maximum absolute atomic E-state index is 10.3. The van der Waals surface area contributed by atoms with Crippen molar-refractivity contribution in [1.82, 2.24) is 4.90 Å². The normalized spacial score (nSPS) is 19.2. The van der Waals surface area contributed by atoms with Crippen LogP contribution in [0.15, 0.2) is 45.6 Å². The third kappa shape index (κ3) is 5.49. The summed E-state index contributed by atoms with van der Waals surface area (Å²) in [5, 5.41) is 10.3. The molecule has 2 aromatic rings. The summed E-state index contributed by atoms with van der Waals surface area (Å²) < 4.78 is 21.9. The minimum atomic E-state index is -0.573. The Morgan fingerprint density at radius 2 is 1.88 bits per heavy atom. The summed E-state index contributed by atoms with van der Waals surface area (Å²) in [6.07, 6.45) is 5.05. The van der Waals surface area contributed by atoms with Crippen molar-refractivity contribution in [3.63, 3.8) is 0 Å². The van der Waals surface area contributed by atoms with Crippen LogP contribution in [0, 0.1) is 0 Å². The highest BCUT2D eigenvalue weighted by atomic mass is 16.5. The van der Waals surface area contributed by atoms with Gasteiger partial charge in [0.25, 0.3) is 0 Å². The standard InChI is InChI=1S/C18H25NO5/c20-15(13-21-14-18-6-3-9-24-18)10-19(11-16-4-1-7-22-16)12-17-5-2-8-23-17/h1-2,4-5,7-8,15,18,20H,3,6,9-14H2. The molecule has 3 rings (SSSR count). The maximum Gasteiger partial charge on any atom is 0.117 e. The molecular formula is C18H25NO5. The molecular weight excluding hydrogens is 310 g/mol. The summed E-state index contributed by atoms with van der Waals surface area (Å²) in [5.41, 5.74) is 0. The molecule has 3 heterocycles. The highest BCUT2D eigenvalue weighted by molar-refractivity contribution is 5.01. The Morgan fingerprint density at radius 1 is 1.17 bits per heavy atom. The molecule has 24 heavy (non-hydrogen) atoms. The molecule has 0 saturated carbocycles. The van der Waals surface area contributed by atoms with Crippen LogP contribution in [-0.2, 0) is 22.6 Å². The number of nitrogens with zero attached hydrogens (tertiary/aromatic N) is 1. The zero-order valence-corrected chi connectivity index (χ0v) is 13.8. The van der Waals surface area contributed by atoms with Crippen LogP contribution in [0.3, 0.4) is 0 Å². The zero-order valence-electron chi connectivity index (χ0n) is 13.8. The number of hydrogen-bond acceptors (Lipinski definition) is 6. The highest BCUT2D eigenvalue weighted by Gasteiger charge is 2.18. The van der Waals surface area contributed by atoms with Crippen LogP contribution < -0.4 is 0 Å². The predicted octanol–water partition coefficient (Wildman–Crippen LogP) is 2.43. The fraction of sp³-hybridized carbons (Fsp3) is 0.556. The Bertz CT molecular complexity index is 512. The van der Waals surface area contributed by atoms with Crippen molar-refractivity contribution in [1.29, 1.82) is 0 Å². The van der Waals surface area contributed by atoms with Crippen molar-refractivity contribution in [3.05, 3.63) is 48.3 Å². The van der Waals surface area contributed by atoms with Gasteiger partial charge in [-0.15, -0.1) is 0 Å². The van der Waals surface area contributed by atoms with Crippen LogP contribution in [0.1, 0.15) is 24.4 Å². The first-order chi connectivity index (χ1) is 11.8. The molecule has 0 radical (unpaired) electrons. The number of aliphatic hydroxyl groups is 1. The van der Waals surface area contributed by atoms with E-state index >= 15 is 0 Å². The highest BCUT2D eigenvalue weighted by Crippen LogP contribution is 2.13. The van der Waals surface area contributed by atoms with E-state index in [4.69, 9.17) is 18.3 Å². The molecule has 1 saturated heterocycles. The molecule has 1 aliphatic heterocycles. The average molecular weight is 335 g/mol. The molecule has 1 N–H and O–H groups in total. The van der Waals surface area contributed by atoms with Gasteiger partial charge in [0.2, 0.25) is 0 Å². The lowest BCUT2D eigenvalue weighted by Crippen LogP contribution is -2.34. The molecule has 1 fully saturated rings. The smallest absolute Gasteiger partial charge is 0.117 e. The number of hydrogen-bond donors (Lipinski definition) is 1. The van der Waals surface area contributed by atoms with Gasteiger partial charge in [-0.2, -0.15) is 0 Å². The molecule has 2 aromatic heterocycles. The molecule has 0 bridgehead atoms. The zero-order chi connectivity index (χ0) is 16.6. The van der Waals surface area contributed by atoms with Crippen LogP contribution >= 0.6 is 0 Å². The van der Waals surface area contributed by atoms with E-state index in [0.717, 1.165) is 31.0 Å². The third-order valence-electron chi connectivity index (χ3n) is 4.03. The Kier molecular flexibility index (Phi) is 6.48.